The van der Waals surface area contributed by atoms with Crippen LogP contribution < -0.4 is 10.5 Å². The van der Waals surface area contributed by atoms with Gasteiger partial charge in [0.05, 0.1) is 13.2 Å². The number of ether oxygens (including phenoxy) is 1. The molecule has 0 atom stereocenters. The highest BCUT2D eigenvalue weighted by atomic mass is 35.5. The molecule has 2 aromatic rings. The van der Waals surface area contributed by atoms with Crippen molar-refractivity contribution in [1.82, 2.24) is 14.8 Å². The van der Waals surface area contributed by atoms with Crippen molar-refractivity contribution in [2.24, 2.45) is 12.8 Å². The Balaban J connectivity index is 1.79. The highest BCUT2D eigenvalue weighted by molar-refractivity contribution is 7.99. The van der Waals surface area contributed by atoms with Crippen molar-refractivity contribution in [3.8, 4) is 5.75 Å². The maximum absolute atomic E-state index is 5.87. The number of thioether (sulfide) groups is 1. The Bertz CT molecular complexity index is 546. The number of nitrogens with two attached hydrogens (primary N) is 1. The van der Waals surface area contributed by atoms with Gasteiger partial charge in [-0.25, -0.2) is 0 Å². The fourth-order valence-corrected chi connectivity index (χ4v) is 2.42. The summed E-state index contributed by atoms with van der Waals surface area (Å²) in [5.74, 6) is 2.33. The number of hydrogen-bond acceptors (Lipinski definition) is 5. The van der Waals surface area contributed by atoms with Gasteiger partial charge in [0.25, 0.3) is 0 Å². The Labute approximate surface area is 121 Å². The fraction of sp³-hybridized carbons (Fsp3) is 0.333. The van der Waals surface area contributed by atoms with Gasteiger partial charge in [-0.15, -0.1) is 10.2 Å². The molecule has 1 aromatic heterocycles. The minimum Gasteiger partial charge on any atom is -0.493 e. The van der Waals surface area contributed by atoms with E-state index in [-0.39, 0.29) is 0 Å². The first-order valence-corrected chi connectivity index (χ1v) is 7.16. The van der Waals surface area contributed by atoms with Gasteiger partial charge in [-0.3, -0.25) is 0 Å². The molecule has 0 saturated carbocycles. The summed E-state index contributed by atoms with van der Waals surface area (Å²) in [7, 11) is 1.91. The van der Waals surface area contributed by atoms with Crippen LogP contribution in [0.5, 0.6) is 5.75 Å². The Kier molecular flexibility index (Phi) is 5.07. The van der Waals surface area contributed by atoms with Crippen molar-refractivity contribution in [3.63, 3.8) is 0 Å². The Morgan fingerprint density at radius 3 is 2.95 bits per heavy atom. The molecule has 0 spiro atoms. The van der Waals surface area contributed by atoms with Crippen LogP contribution in [0, 0.1) is 0 Å². The third kappa shape index (κ3) is 3.86. The van der Waals surface area contributed by atoms with Crippen LogP contribution in [0.3, 0.4) is 0 Å². The molecule has 0 radical (unpaired) electrons. The molecule has 5 nitrogen and oxygen atoms in total. The summed E-state index contributed by atoms with van der Waals surface area (Å²) in [6.07, 6.45) is 0. The maximum Gasteiger partial charge on any atom is 0.191 e. The second-order valence-electron chi connectivity index (χ2n) is 3.82. The van der Waals surface area contributed by atoms with Gasteiger partial charge in [0.2, 0.25) is 0 Å². The maximum atomic E-state index is 5.87. The first kappa shape index (κ1) is 14.2. The molecule has 1 heterocycles. The number of benzene rings is 1. The number of nitrogens with zero attached hydrogens (tertiary/aromatic N) is 3. The third-order valence-corrected chi connectivity index (χ3v) is 3.71. The van der Waals surface area contributed by atoms with E-state index < -0.39 is 0 Å². The highest BCUT2D eigenvalue weighted by Crippen LogP contribution is 2.19. The second-order valence-corrected chi connectivity index (χ2v) is 5.31. The molecular weight excluding hydrogens is 284 g/mol. The van der Waals surface area contributed by atoms with Crippen molar-refractivity contribution < 1.29 is 4.74 Å². The molecule has 0 unspecified atom stereocenters. The van der Waals surface area contributed by atoms with Gasteiger partial charge in [0.1, 0.15) is 11.6 Å². The normalized spacial score (nSPS) is 10.7. The molecule has 0 bridgehead atoms. The van der Waals surface area contributed by atoms with E-state index in [1.54, 1.807) is 17.8 Å². The van der Waals surface area contributed by atoms with E-state index >= 15 is 0 Å². The highest BCUT2D eigenvalue weighted by Gasteiger charge is 2.07. The fourth-order valence-electron chi connectivity index (χ4n) is 1.50. The van der Waals surface area contributed by atoms with E-state index in [1.807, 2.05) is 29.8 Å². The lowest BCUT2D eigenvalue weighted by atomic mass is 10.3. The van der Waals surface area contributed by atoms with Crippen LogP contribution in [-0.2, 0) is 13.6 Å². The minimum absolute atomic E-state index is 0.392. The molecule has 0 fully saturated rings. The molecular formula is C12H15ClN4OS. The summed E-state index contributed by atoms with van der Waals surface area (Å²) < 4.78 is 7.49. The van der Waals surface area contributed by atoms with Crippen LogP contribution in [0.4, 0.5) is 0 Å². The third-order valence-electron chi connectivity index (χ3n) is 2.49. The summed E-state index contributed by atoms with van der Waals surface area (Å²) >= 11 is 7.46. The standard InChI is InChI=1S/C12H15ClN4OS/c1-17-11(8-14)15-16-12(17)19-6-5-18-10-4-2-3-9(13)7-10/h2-4,7H,5-6,8,14H2,1H3. The molecule has 0 aliphatic heterocycles. The van der Waals surface area contributed by atoms with Crippen LogP contribution in [0.25, 0.3) is 0 Å². The van der Waals surface area contributed by atoms with Gasteiger partial charge in [-0.1, -0.05) is 29.4 Å². The molecule has 0 aliphatic rings. The van der Waals surface area contributed by atoms with Gasteiger partial charge < -0.3 is 15.0 Å². The largest absolute Gasteiger partial charge is 0.493 e. The summed E-state index contributed by atoms with van der Waals surface area (Å²) in [4.78, 5) is 0. The molecule has 2 rings (SSSR count). The zero-order chi connectivity index (χ0) is 13.7. The molecule has 0 amide bonds. The van der Waals surface area contributed by atoms with Crippen molar-refractivity contribution in [2.45, 2.75) is 11.7 Å². The van der Waals surface area contributed by atoms with Gasteiger partial charge in [0, 0.05) is 17.8 Å². The molecule has 1 aromatic carbocycles. The number of aromatic nitrogens is 3. The van der Waals surface area contributed by atoms with E-state index in [4.69, 9.17) is 22.1 Å². The monoisotopic (exact) mass is 298 g/mol. The topological polar surface area (TPSA) is 66.0 Å². The lowest BCUT2D eigenvalue weighted by Crippen LogP contribution is -2.06. The Hall–Kier alpha value is -1.24. The molecule has 0 saturated heterocycles. The average Bonchev–Trinajstić information content (AvgIpc) is 2.76. The van der Waals surface area contributed by atoms with E-state index in [1.165, 1.54) is 0 Å². The Morgan fingerprint density at radius 2 is 2.26 bits per heavy atom. The first-order chi connectivity index (χ1) is 9.20. The molecule has 19 heavy (non-hydrogen) atoms. The van der Waals surface area contributed by atoms with E-state index in [0.717, 1.165) is 22.5 Å². The van der Waals surface area contributed by atoms with Crippen LogP contribution in [-0.4, -0.2) is 27.1 Å². The van der Waals surface area contributed by atoms with Gasteiger partial charge in [-0.05, 0) is 18.2 Å². The van der Waals surface area contributed by atoms with Crippen LogP contribution in [0.15, 0.2) is 29.4 Å². The van der Waals surface area contributed by atoms with Gasteiger partial charge >= 0.3 is 0 Å². The minimum atomic E-state index is 0.392. The van der Waals surface area contributed by atoms with Gasteiger partial charge in [0.15, 0.2) is 5.16 Å². The Morgan fingerprint density at radius 1 is 1.42 bits per heavy atom. The zero-order valence-corrected chi connectivity index (χ0v) is 12.1. The molecule has 102 valence electrons. The van der Waals surface area contributed by atoms with Crippen molar-refractivity contribution in [1.29, 1.82) is 0 Å². The lowest BCUT2D eigenvalue weighted by molar-refractivity contribution is 0.344. The van der Waals surface area contributed by atoms with Crippen molar-refractivity contribution in [3.05, 3.63) is 35.1 Å². The first-order valence-electron chi connectivity index (χ1n) is 5.80. The van der Waals surface area contributed by atoms with E-state index in [9.17, 15) is 0 Å². The molecule has 7 heteroatoms. The molecule has 0 aliphatic carbocycles. The van der Waals surface area contributed by atoms with Crippen molar-refractivity contribution in [2.75, 3.05) is 12.4 Å². The van der Waals surface area contributed by atoms with Crippen LogP contribution >= 0.6 is 23.4 Å². The smallest absolute Gasteiger partial charge is 0.191 e. The quantitative estimate of drug-likeness (QED) is 0.653. The average molecular weight is 299 g/mol. The number of rotatable bonds is 6. The number of halogens is 1. The van der Waals surface area contributed by atoms with Gasteiger partial charge in [-0.2, -0.15) is 0 Å². The summed E-state index contributed by atoms with van der Waals surface area (Å²) in [5.41, 5.74) is 5.54. The number of hydrogen-bond donors (Lipinski definition) is 1. The van der Waals surface area contributed by atoms with Crippen molar-refractivity contribution >= 4 is 23.4 Å². The van der Waals surface area contributed by atoms with Crippen LogP contribution in [0.2, 0.25) is 5.02 Å². The molecule has 2 N–H and O–H groups in total. The predicted octanol–water partition coefficient (Wildman–Crippen LogP) is 2.10. The zero-order valence-electron chi connectivity index (χ0n) is 10.5. The predicted molar refractivity (Wildman–Crippen MR) is 76.6 cm³/mol. The summed E-state index contributed by atoms with van der Waals surface area (Å²) in [5, 5.41) is 9.57. The second kappa shape index (κ2) is 6.79. The lowest BCUT2D eigenvalue weighted by Gasteiger charge is -2.06. The SMILES string of the molecule is Cn1c(CN)nnc1SCCOc1cccc(Cl)c1. The van der Waals surface area contributed by atoms with E-state index in [2.05, 4.69) is 10.2 Å². The summed E-state index contributed by atoms with van der Waals surface area (Å²) in [6, 6.07) is 7.35. The van der Waals surface area contributed by atoms with E-state index in [0.29, 0.717) is 18.2 Å². The van der Waals surface area contributed by atoms with Crippen LogP contribution in [0.1, 0.15) is 5.82 Å². The summed E-state index contributed by atoms with van der Waals surface area (Å²) in [6.45, 7) is 0.971.